The molecule has 0 heterocycles. The summed E-state index contributed by atoms with van der Waals surface area (Å²) in [7, 11) is 0. The van der Waals surface area contributed by atoms with Crippen LogP contribution < -0.4 is 21.9 Å². The molecule has 0 aromatic carbocycles. The number of nitrogens with two attached hydrogens (primary N) is 1. The zero-order valence-corrected chi connectivity index (χ0v) is 10.0. The number of hydrogen-bond acceptors (Lipinski definition) is 3. The Kier molecular flexibility index (Phi) is 9.39. The van der Waals surface area contributed by atoms with Crippen molar-refractivity contribution >= 4 is 11.9 Å². The molecule has 0 aliphatic rings. The molecule has 0 unspecified atom stereocenters. The topological polar surface area (TPSA) is 110 Å². The molecule has 0 aliphatic carbocycles. The zero-order chi connectivity index (χ0) is 12.2. The standard InChI is InChI=1S/C10H24N6/c1-2-3-4-5-6-7-8-14-16-10(13)15-9(11)12/h14H,2-8H2,1H3,(H6,11,12,13,15,16). The van der Waals surface area contributed by atoms with E-state index in [0.29, 0.717) is 0 Å². The number of nitrogens with one attached hydrogen (secondary N) is 5. The predicted octanol–water partition coefficient (Wildman–Crippen LogP) is 0.859. The van der Waals surface area contributed by atoms with Crippen molar-refractivity contribution in [1.82, 2.24) is 16.2 Å². The fourth-order valence-electron chi connectivity index (χ4n) is 1.31. The van der Waals surface area contributed by atoms with Crippen LogP contribution in [0.3, 0.4) is 0 Å². The van der Waals surface area contributed by atoms with Crippen LogP contribution in [0.4, 0.5) is 0 Å². The van der Waals surface area contributed by atoms with E-state index < -0.39 is 0 Å². The van der Waals surface area contributed by atoms with E-state index in [-0.39, 0.29) is 11.9 Å². The van der Waals surface area contributed by atoms with E-state index in [2.05, 4.69) is 23.1 Å². The van der Waals surface area contributed by atoms with Crippen LogP contribution in [-0.2, 0) is 0 Å². The number of guanidine groups is 2. The van der Waals surface area contributed by atoms with Crippen molar-refractivity contribution in [3.05, 3.63) is 0 Å². The Hall–Kier alpha value is -1.30. The minimum atomic E-state index is -0.237. The maximum absolute atomic E-state index is 7.28. The molecule has 6 nitrogen and oxygen atoms in total. The molecular formula is C10H24N6. The second kappa shape index (κ2) is 10.2. The quantitative estimate of drug-likeness (QED) is 0.160. The van der Waals surface area contributed by atoms with Gasteiger partial charge in [-0.3, -0.25) is 21.6 Å². The highest BCUT2D eigenvalue weighted by Gasteiger charge is 1.94. The van der Waals surface area contributed by atoms with Crippen LogP contribution >= 0.6 is 0 Å². The summed E-state index contributed by atoms with van der Waals surface area (Å²) in [6, 6.07) is 0. The first-order chi connectivity index (χ1) is 7.66. The van der Waals surface area contributed by atoms with E-state index in [1.807, 2.05) is 0 Å². The monoisotopic (exact) mass is 228 g/mol. The fraction of sp³-hybridized carbons (Fsp3) is 0.800. The molecule has 0 rings (SSSR count). The van der Waals surface area contributed by atoms with Crippen LogP contribution in [0.2, 0.25) is 0 Å². The highest BCUT2D eigenvalue weighted by Crippen LogP contribution is 2.03. The van der Waals surface area contributed by atoms with Gasteiger partial charge in [-0.05, 0) is 6.42 Å². The summed E-state index contributed by atoms with van der Waals surface area (Å²) >= 11 is 0. The third-order valence-corrected chi connectivity index (χ3v) is 2.13. The van der Waals surface area contributed by atoms with Gasteiger partial charge in [0.05, 0.1) is 0 Å². The molecule has 0 saturated heterocycles. The Balaban J connectivity index is 3.14. The first-order valence-electron chi connectivity index (χ1n) is 5.85. The average molecular weight is 228 g/mol. The molecule has 0 aromatic heterocycles. The van der Waals surface area contributed by atoms with E-state index in [0.717, 1.165) is 13.0 Å². The Morgan fingerprint density at radius 1 is 1.06 bits per heavy atom. The average Bonchev–Trinajstić information content (AvgIpc) is 2.21. The molecule has 16 heavy (non-hydrogen) atoms. The number of unbranched alkanes of at least 4 members (excludes halogenated alkanes) is 5. The minimum absolute atomic E-state index is 0.00140. The highest BCUT2D eigenvalue weighted by atomic mass is 15.4. The highest BCUT2D eigenvalue weighted by molar-refractivity contribution is 5.94. The summed E-state index contributed by atoms with van der Waals surface area (Å²) in [5.74, 6) is -0.239. The Morgan fingerprint density at radius 3 is 2.31 bits per heavy atom. The van der Waals surface area contributed by atoms with Crippen LogP contribution in [-0.4, -0.2) is 18.5 Å². The van der Waals surface area contributed by atoms with Crippen LogP contribution in [0, 0.1) is 10.8 Å². The second-order valence-corrected chi connectivity index (χ2v) is 3.73. The fourth-order valence-corrected chi connectivity index (χ4v) is 1.31. The summed E-state index contributed by atoms with van der Waals surface area (Å²) in [5.41, 5.74) is 10.6. The van der Waals surface area contributed by atoms with Crippen molar-refractivity contribution in [3.8, 4) is 0 Å². The van der Waals surface area contributed by atoms with Gasteiger partial charge in [0, 0.05) is 6.54 Å². The molecule has 0 fully saturated rings. The summed E-state index contributed by atoms with van der Waals surface area (Å²) in [4.78, 5) is 0. The Morgan fingerprint density at radius 2 is 1.69 bits per heavy atom. The van der Waals surface area contributed by atoms with Gasteiger partial charge in [0.1, 0.15) is 0 Å². The van der Waals surface area contributed by atoms with Crippen LogP contribution in [0.1, 0.15) is 45.4 Å². The number of rotatable bonds is 8. The zero-order valence-electron chi connectivity index (χ0n) is 10.0. The molecule has 0 aromatic rings. The van der Waals surface area contributed by atoms with Gasteiger partial charge in [0.2, 0.25) is 5.96 Å². The Bertz CT molecular complexity index is 203. The number of hydrazine groups is 1. The van der Waals surface area contributed by atoms with Crippen molar-refractivity contribution in [1.29, 1.82) is 10.8 Å². The first-order valence-corrected chi connectivity index (χ1v) is 5.85. The normalized spacial score (nSPS) is 9.81. The minimum Gasteiger partial charge on any atom is -0.370 e. The Labute approximate surface area is 97.4 Å². The van der Waals surface area contributed by atoms with Gasteiger partial charge in [0.25, 0.3) is 0 Å². The predicted molar refractivity (Wildman–Crippen MR) is 67.3 cm³/mol. The molecule has 0 radical (unpaired) electrons. The molecule has 0 saturated carbocycles. The van der Waals surface area contributed by atoms with Crippen molar-refractivity contribution in [2.24, 2.45) is 5.73 Å². The molecule has 7 N–H and O–H groups in total. The van der Waals surface area contributed by atoms with E-state index >= 15 is 0 Å². The van der Waals surface area contributed by atoms with Gasteiger partial charge in [-0.15, -0.1) is 0 Å². The van der Waals surface area contributed by atoms with E-state index in [9.17, 15) is 0 Å². The number of hydrogen-bond donors (Lipinski definition) is 6. The van der Waals surface area contributed by atoms with E-state index in [4.69, 9.17) is 16.6 Å². The lowest BCUT2D eigenvalue weighted by molar-refractivity contribution is 0.556. The van der Waals surface area contributed by atoms with Crippen LogP contribution in [0.5, 0.6) is 0 Å². The molecule has 0 bridgehead atoms. The van der Waals surface area contributed by atoms with E-state index in [1.165, 1.54) is 32.1 Å². The molecule has 0 atom stereocenters. The van der Waals surface area contributed by atoms with E-state index in [1.54, 1.807) is 0 Å². The third kappa shape index (κ3) is 10.8. The molecule has 0 amide bonds. The maximum Gasteiger partial charge on any atom is 0.209 e. The maximum atomic E-state index is 7.28. The van der Waals surface area contributed by atoms with Crippen molar-refractivity contribution in [2.75, 3.05) is 6.54 Å². The summed E-state index contributed by atoms with van der Waals surface area (Å²) < 4.78 is 0. The molecular weight excluding hydrogens is 204 g/mol. The first kappa shape index (κ1) is 14.7. The molecule has 94 valence electrons. The largest absolute Gasteiger partial charge is 0.370 e. The van der Waals surface area contributed by atoms with Gasteiger partial charge < -0.3 is 5.73 Å². The SMILES string of the molecule is CCCCCCCCNNC(=N)NC(=N)N. The lowest BCUT2D eigenvalue weighted by atomic mass is 10.1. The lowest BCUT2D eigenvalue weighted by Crippen LogP contribution is -2.49. The van der Waals surface area contributed by atoms with Crippen LogP contribution in [0.15, 0.2) is 0 Å². The molecule has 0 spiro atoms. The summed E-state index contributed by atoms with van der Waals surface area (Å²) in [5, 5.41) is 16.5. The molecule has 0 aliphatic heterocycles. The van der Waals surface area contributed by atoms with Gasteiger partial charge in [-0.1, -0.05) is 39.0 Å². The lowest BCUT2D eigenvalue weighted by Gasteiger charge is -2.09. The summed E-state index contributed by atoms with van der Waals surface area (Å²) in [6.07, 6.45) is 7.48. The van der Waals surface area contributed by atoms with Gasteiger partial charge in [-0.2, -0.15) is 0 Å². The van der Waals surface area contributed by atoms with Gasteiger partial charge in [-0.25, -0.2) is 5.43 Å². The van der Waals surface area contributed by atoms with Gasteiger partial charge >= 0.3 is 0 Å². The smallest absolute Gasteiger partial charge is 0.209 e. The van der Waals surface area contributed by atoms with Gasteiger partial charge in [0.15, 0.2) is 5.96 Å². The van der Waals surface area contributed by atoms with Crippen molar-refractivity contribution < 1.29 is 0 Å². The third-order valence-electron chi connectivity index (χ3n) is 2.13. The second-order valence-electron chi connectivity index (χ2n) is 3.73. The summed E-state index contributed by atoms with van der Waals surface area (Å²) in [6.45, 7) is 3.02. The van der Waals surface area contributed by atoms with Crippen molar-refractivity contribution in [2.45, 2.75) is 45.4 Å². The van der Waals surface area contributed by atoms with Crippen molar-refractivity contribution in [3.63, 3.8) is 0 Å². The molecule has 6 heteroatoms. The van der Waals surface area contributed by atoms with Crippen LogP contribution in [0.25, 0.3) is 0 Å².